The van der Waals surface area contributed by atoms with Crippen LogP contribution in [-0.2, 0) is 24.2 Å². The van der Waals surface area contributed by atoms with Crippen molar-refractivity contribution in [3.05, 3.63) is 24.3 Å². The first kappa shape index (κ1) is 16.1. The molecule has 3 N–H and O–H groups in total. The first-order valence-electron chi connectivity index (χ1n) is 5.79. The number of hydrogen-bond donors (Lipinski definition) is 2. The van der Waals surface area contributed by atoms with Gasteiger partial charge in [-0.25, -0.2) is 13.2 Å². The van der Waals surface area contributed by atoms with E-state index in [4.69, 9.17) is 5.73 Å². The average Bonchev–Trinajstić information content (AvgIpc) is 2.37. The third-order valence-electron chi connectivity index (χ3n) is 2.37. The largest absolute Gasteiger partial charge is 0.464 e. The van der Waals surface area contributed by atoms with Gasteiger partial charge in [-0.05, 0) is 19.1 Å². The van der Waals surface area contributed by atoms with Gasteiger partial charge in [-0.15, -0.1) is 0 Å². The maximum atomic E-state index is 11.8. The summed E-state index contributed by atoms with van der Waals surface area (Å²) in [6.45, 7) is 1.68. The Morgan fingerprint density at radius 2 is 1.95 bits per heavy atom. The van der Waals surface area contributed by atoms with E-state index in [1.54, 1.807) is 13.0 Å². The zero-order chi connectivity index (χ0) is 15.3. The standard InChI is InChI=1S/C12H16N2O5S/c1-3-19-12(16)10(13)11(15)14-8-6-4-5-7-9(8)20(2,17)18/h4-7,10H,3,13H2,1-2H3,(H,14,15). The van der Waals surface area contributed by atoms with Gasteiger partial charge >= 0.3 is 5.97 Å². The van der Waals surface area contributed by atoms with Crippen LogP contribution in [0, 0.1) is 0 Å². The number of rotatable bonds is 5. The molecule has 20 heavy (non-hydrogen) atoms. The summed E-state index contributed by atoms with van der Waals surface area (Å²) in [7, 11) is -3.51. The van der Waals surface area contributed by atoms with Crippen LogP contribution in [-0.4, -0.2) is 39.2 Å². The van der Waals surface area contributed by atoms with E-state index in [-0.39, 0.29) is 17.2 Å². The van der Waals surface area contributed by atoms with Gasteiger partial charge in [0.1, 0.15) is 0 Å². The van der Waals surface area contributed by atoms with E-state index >= 15 is 0 Å². The normalized spacial score (nSPS) is 12.6. The van der Waals surface area contributed by atoms with Crippen molar-refractivity contribution < 1.29 is 22.7 Å². The van der Waals surface area contributed by atoms with Crippen LogP contribution >= 0.6 is 0 Å². The molecule has 110 valence electrons. The van der Waals surface area contributed by atoms with Crippen LogP contribution in [0.1, 0.15) is 6.92 Å². The van der Waals surface area contributed by atoms with Gasteiger partial charge in [0.2, 0.25) is 0 Å². The zero-order valence-electron chi connectivity index (χ0n) is 11.1. The number of ether oxygens (including phenoxy) is 1. The van der Waals surface area contributed by atoms with Gasteiger partial charge in [0.05, 0.1) is 17.2 Å². The Morgan fingerprint density at radius 1 is 1.35 bits per heavy atom. The first-order valence-corrected chi connectivity index (χ1v) is 7.68. The van der Waals surface area contributed by atoms with Crippen LogP contribution in [0.3, 0.4) is 0 Å². The fourth-order valence-corrected chi connectivity index (χ4v) is 2.29. The van der Waals surface area contributed by atoms with Gasteiger partial charge in [-0.3, -0.25) is 4.79 Å². The van der Waals surface area contributed by atoms with Gasteiger partial charge in [0.25, 0.3) is 5.91 Å². The molecule has 8 heteroatoms. The fourth-order valence-electron chi connectivity index (χ4n) is 1.44. The van der Waals surface area contributed by atoms with Crippen LogP contribution in [0.15, 0.2) is 29.2 Å². The molecule has 0 heterocycles. The molecule has 1 atom stereocenters. The minimum atomic E-state index is -3.51. The Morgan fingerprint density at radius 3 is 2.50 bits per heavy atom. The van der Waals surface area contributed by atoms with E-state index in [1.165, 1.54) is 18.2 Å². The molecule has 1 aromatic carbocycles. The highest BCUT2D eigenvalue weighted by molar-refractivity contribution is 7.90. The Bertz CT molecular complexity index is 612. The topological polar surface area (TPSA) is 116 Å². The van der Waals surface area contributed by atoms with E-state index in [0.29, 0.717) is 0 Å². The monoisotopic (exact) mass is 300 g/mol. The summed E-state index contributed by atoms with van der Waals surface area (Å²) in [5.41, 5.74) is 5.49. The number of hydrogen-bond acceptors (Lipinski definition) is 6. The molecular weight excluding hydrogens is 284 g/mol. The lowest BCUT2D eigenvalue weighted by Gasteiger charge is -2.13. The van der Waals surface area contributed by atoms with Crippen LogP contribution in [0.4, 0.5) is 5.69 Å². The summed E-state index contributed by atoms with van der Waals surface area (Å²) in [6, 6.07) is 4.33. The lowest BCUT2D eigenvalue weighted by atomic mass is 10.2. The number of nitrogens with one attached hydrogen (secondary N) is 1. The summed E-state index contributed by atoms with van der Waals surface area (Å²) in [4.78, 5) is 23.1. The summed E-state index contributed by atoms with van der Waals surface area (Å²) < 4.78 is 27.8. The molecule has 0 saturated carbocycles. The molecular formula is C12H16N2O5S. The number of anilines is 1. The quantitative estimate of drug-likeness (QED) is 0.580. The molecule has 1 rings (SSSR count). The van der Waals surface area contributed by atoms with Crippen LogP contribution in [0.25, 0.3) is 0 Å². The van der Waals surface area contributed by atoms with Crippen LogP contribution < -0.4 is 11.1 Å². The Labute approximate surface area is 117 Å². The second-order valence-electron chi connectivity index (χ2n) is 3.99. The van der Waals surface area contributed by atoms with Gasteiger partial charge in [-0.1, -0.05) is 12.1 Å². The molecule has 0 aromatic heterocycles. The van der Waals surface area contributed by atoms with Crippen molar-refractivity contribution in [2.45, 2.75) is 17.9 Å². The number of amides is 1. The lowest BCUT2D eigenvalue weighted by Crippen LogP contribution is -2.43. The van der Waals surface area contributed by atoms with Crippen LogP contribution in [0.2, 0.25) is 0 Å². The molecule has 7 nitrogen and oxygen atoms in total. The molecule has 0 fully saturated rings. The highest BCUT2D eigenvalue weighted by Crippen LogP contribution is 2.20. The van der Waals surface area contributed by atoms with Crippen LogP contribution in [0.5, 0.6) is 0 Å². The Kier molecular flexibility index (Phi) is 5.23. The first-order chi connectivity index (χ1) is 9.27. The maximum Gasteiger partial charge on any atom is 0.332 e. The molecule has 0 aliphatic heterocycles. The van der Waals surface area contributed by atoms with Gasteiger partial charge in [-0.2, -0.15) is 0 Å². The third kappa shape index (κ3) is 4.04. The zero-order valence-corrected chi connectivity index (χ0v) is 11.9. The molecule has 0 spiro atoms. The van der Waals surface area contributed by atoms with Crippen molar-refractivity contribution in [2.24, 2.45) is 5.73 Å². The minimum absolute atomic E-state index is 0.0515. The number of carbonyl (C=O) groups excluding carboxylic acids is 2. The maximum absolute atomic E-state index is 11.8. The summed E-state index contributed by atoms with van der Waals surface area (Å²) in [5, 5.41) is 2.31. The molecule has 1 aromatic rings. The smallest absolute Gasteiger partial charge is 0.332 e. The van der Waals surface area contributed by atoms with E-state index < -0.39 is 27.8 Å². The summed E-state index contributed by atoms with van der Waals surface area (Å²) in [5.74, 6) is -1.71. The number of nitrogens with two attached hydrogens (primary N) is 1. The number of para-hydroxylation sites is 1. The molecule has 1 unspecified atom stereocenters. The average molecular weight is 300 g/mol. The van der Waals surface area contributed by atoms with E-state index in [2.05, 4.69) is 10.1 Å². The predicted molar refractivity (Wildman–Crippen MR) is 72.8 cm³/mol. The molecule has 0 aliphatic rings. The summed E-state index contributed by atoms with van der Waals surface area (Å²) >= 11 is 0. The van der Waals surface area contributed by atoms with Gasteiger partial charge in [0.15, 0.2) is 15.9 Å². The SMILES string of the molecule is CCOC(=O)C(N)C(=O)Nc1ccccc1S(C)(=O)=O. The molecule has 1 amide bonds. The van der Waals surface area contributed by atoms with E-state index in [0.717, 1.165) is 6.26 Å². The van der Waals surface area contributed by atoms with Crippen molar-refractivity contribution in [2.75, 3.05) is 18.2 Å². The van der Waals surface area contributed by atoms with Crippen molar-refractivity contribution in [1.82, 2.24) is 0 Å². The number of sulfone groups is 1. The fraction of sp³-hybridized carbons (Fsp3) is 0.333. The number of carbonyl (C=O) groups is 2. The summed E-state index contributed by atoms with van der Waals surface area (Å²) in [6.07, 6.45) is 1.02. The van der Waals surface area contributed by atoms with E-state index in [9.17, 15) is 18.0 Å². The number of esters is 1. The molecule has 0 bridgehead atoms. The highest BCUT2D eigenvalue weighted by atomic mass is 32.2. The molecule has 0 radical (unpaired) electrons. The Hall–Kier alpha value is -1.93. The van der Waals surface area contributed by atoms with Gasteiger partial charge in [0, 0.05) is 6.26 Å². The van der Waals surface area contributed by atoms with Gasteiger partial charge < -0.3 is 15.8 Å². The second-order valence-corrected chi connectivity index (χ2v) is 5.97. The van der Waals surface area contributed by atoms with Crippen molar-refractivity contribution in [1.29, 1.82) is 0 Å². The predicted octanol–water partition coefficient (Wildman–Crippen LogP) is -0.0810. The highest BCUT2D eigenvalue weighted by Gasteiger charge is 2.25. The minimum Gasteiger partial charge on any atom is -0.464 e. The Balaban J connectivity index is 2.95. The third-order valence-corrected chi connectivity index (χ3v) is 3.52. The van der Waals surface area contributed by atoms with Crippen molar-refractivity contribution in [3.8, 4) is 0 Å². The van der Waals surface area contributed by atoms with E-state index in [1.807, 2.05) is 0 Å². The molecule has 0 aliphatic carbocycles. The number of benzene rings is 1. The molecule has 0 saturated heterocycles. The van der Waals surface area contributed by atoms with Crippen molar-refractivity contribution >= 4 is 27.4 Å². The second kappa shape index (κ2) is 6.49. The van der Waals surface area contributed by atoms with Crippen molar-refractivity contribution in [3.63, 3.8) is 0 Å². The lowest BCUT2D eigenvalue weighted by molar-refractivity contribution is -0.146.